The molecular formula is C19H20FN3O3S. The summed E-state index contributed by atoms with van der Waals surface area (Å²) in [6.45, 7) is 6.05. The van der Waals surface area contributed by atoms with Gasteiger partial charge >= 0.3 is 0 Å². The molecule has 0 atom stereocenters. The second kappa shape index (κ2) is 7.87. The summed E-state index contributed by atoms with van der Waals surface area (Å²) in [6, 6.07) is 3.96. The molecule has 1 amide bonds. The van der Waals surface area contributed by atoms with E-state index >= 15 is 0 Å². The van der Waals surface area contributed by atoms with E-state index in [2.05, 4.69) is 15.3 Å². The van der Waals surface area contributed by atoms with Crippen LogP contribution in [0.25, 0.3) is 10.2 Å². The minimum Gasteiger partial charge on any atom is -0.492 e. The van der Waals surface area contributed by atoms with E-state index in [1.54, 1.807) is 6.92 Å². The van der Waals surface area contributed by atoms with Gasteiger partial charge in [0, 0.05) is 23.8 Å². The molecular weight excluding hydrogens is 369 g/mol. The van der Waals surface area contributed by atoms with Gasteiger partial charge < -0.3 is 15.0 Å². The van der Waals surface area contributed by atoms with Gasteiger partial charge in [-0.25, -0.2) is 9.37 Å². The summed E-state index contributed by atoms with van der Waals surface area (Å²) < 4.78 is 18.9. The summed E-state index contributed by atoms with van der Waals surface area (Å²) in [5, 5.41) is 3.25. The molecule has 2 N–H and O–H groups in total. The molecule has 0 fully saturated rings. The Kier molecular flexibility index (Phi) is 5.55. The van der Waals surface area contributed by atoms with Crippen LogP contribution in [-0.4, -0.2) is 22.5 Å². The highest BCUT2D eigenvalue weighted by Crippen LogP contribution is 2.27. The summed E-state index contributed by atoms with van der Waals surface area (Å²) in [4.78, 5) is 33.4. The van der Waals surface area contributed by atoms with E-state index in [0.717, 1.165) is 10.4 Å². The lowest BCUT2D eigenvalue weighted by atomic mass is 10.2. The quantitative estimate of drug-likeness (QED) is 0.673. The van der Waals surface area contributed by atoms with Crippen LogP contribution in [0.2, 0.25) is 0 Å². The zero-order valence-electron chi connectivity index (χ0n) is 15.3. The van der Waals surface area contributed by atoms with Gasteiger partial charge in [0.15, 0.2) is 0 Å². The molecule has 0 saturated heterocycles. The first-order valence-corrected chi connectivity index (χ1v) is 9.41. The zero-order valence-corrected chi connectivity index (χ0v) is 16.1. The number of ether oxygens (including phenoxy) is 1. The smallest absolute Gasteiger partial charge is 0.259 e. The van der Waals surface area contributed by atoms with E-state index in [9.17, 15) is 14.0 Å². The molecule has 142 valence electrons. The van der Waals surface area contributed by atoms with E-state index in [4.69, 9.17) is 4.74 Å². The number of halogens is 1. The van der Waals surface area contributed by atoms with Gasteiger partial charge in [0.25, 0.3) is 5.56 Å². The number of thiophene rings is 1. The molecule has 0 bridgehead atoms. The van der Waals surface area contributed by atoms with Gasteiger partial charge in [-0.2, -0.15) is 0 Å². The summed E-state index contributed by atoms with van der Waals surface area (Å²) in [5.41, 5.74) is 1.02. The third-order valence-electron chi connectivity index (χ3n) is 4.19. The fraction of sp³-hybridized carbons (Fsp3) is 0.316. The van der Waals surface area contributed by atoms with Gasteiger partial charge in [-0.15, -0.1) is 11.3 Å². The molecule has 0 aliphatic rings. The third-order valence-corrected chi connectivity index (χ3v) is 5.29. The SMILES string of the molecule is CCOc1ccc(F)cc1NC(=O)CCc1nc2sc(C)c(C)c2c(=O)[nH]1. The van der Waals surface area contributed by atoms with Crippen LogP contribution in [-0.2, 0) is 11.2 Å². The molecule has 0 aliphatic carbocycles. The summed E-state index contributed by atoms with van der Waals surface area (Å²) >= 11 is 1.46. The number of benzene rings is 1. The van der Waals surface area contributed by atoms with Crippen molar-refractivity contribution in [3.63, 3.8) is 0 Å². The molecule has 8 heteroatoms. The van der Waals surface area contributed by atoms with Crippen molar-refractivity contribution in [1.29, 1.82) is 0 Å². The summed E-state index contributed by atoms with van der Waals surface area (Å²) in [5.74, 6) is 0.0781. The van der Waals surface area contributed by atoms with Crippen molar-refractivity contribution in [2.24, 2.45) is 0 Å². The van der Waals surface area contributed by atoms with Crippen molar-refractivity contribution < 1.29 is 13.9 Å². The van der Waals surface area contributed by atoms with Crippen LogP contribution >= 0.6 is 11.3 Å². The van der Waals surface area contributed by atoms with Crippen LogP contribution in [0.15, 0.2) is 23.0 Å². The van der Waals surface area contributed by atoms with Crippen LogP contribution in [0.5, 0.6) is 5.75 Å². The number of anilines is 1. The lowest BCUT2D eigenvalue weighted by Crippen LogP contribution is -2.16. The van der Waals surface area contributed by atoms with Gasteiger partial charge in [0.05, 0.1) is 17.7 Å². The Labute approximate surface area is 159 Å². The predicted molar refractivity (Wildman–Crippen MR) is 104 cm³/mol. The highest BCUT2D eigenvalue weighted by atomic mass is 32.1. The Balaban J connectivity index is 1.72. The first-order valence-electron chi connectivity index (χ1n) is 8.60. The molecule has 2 aromatic heterocycles. The lowest BCUT2D eigenvalue weighted by molar-refractivity contribution is -0.116. The molecule has 2 heterocycles. The van der Waals surface area contributed by atoms with E-state index in [1.165, 1.54) is 29.5 Å². The fourth-order valence-corrected chi connectivity index (χ4v) is 3.79. The van der Waals surface area contributed by atoms with Crippen molar-refractivity contribution >= 4 is 33.1 Å². The number of H-pyrrole nitrogens is 1. The number of fused-ring (bicyclic) bond motifs is 1. The molecule has 27 heavy (non-hydrogen) atoms. The zero-order chi connectivity index (χ0) is 19.6. The largest absolute Gasteiger partial charge is 0.492 e. The predicted octanol–water partition coefficient (Wildman–Crippen LogP) is 3.71. The molecule has 1 aromatic carbocycles. The minimum atomic E-state index is -0.464. The number of hydrogen-bond acceptors (Lipinski definition) is 5. The summed E-state index contributed by atoms with van der Waals surface area (Å²) in [7, 11) is 0. The average molecular weight is 389 g/mol. The van der Waals surface area contributed by atoms with Crippen LogP contribution in [0, 0.1) is 19.7 Å². The molecule has 0 spiro atoms. The van der Waals surface area contributed by atoms with E-state index in [-0.39, 0.29) is 30.0 Å². The van der Waals surface area contributed by atoms with E-state index in [1.807, 2.05) is 13.8 Å². The molecule has 0 unspecified atom stereocenters. The van der Waals surface area contributed by atoms with E-state index < -0.39 is 5.82 Å². The van der Waals surface area contributed by atoms with Gasteiger partial charge in [0.2, 0.25) is 5.91 Å². The van der Waals surface area contributed by atoms with Crippen molar-refractivity contribution in [2.75, 3.05) is 11.9 Å². The molecule has 3 aromatic rings. The maximum Gasteiger partial charge on any atom is 0.259 e. The minimum absolute atomic E-state index is 0.0971. The van der Waals surface area contributed by atoms with Crippen LogP contribution in [0.3, 0.4) is 0 Å². The Morgan fingerprint density at radius 2 is 2.15 bits per heavy atom. The van der Waals surface area contributed by atoms with Crippen molar-refractivity contribution in [3.05, 3.63) is 50.6 Å². The molecule has 0 aliphatic heterocycles. The Morgan fingerprint density at radius 1 is 1.37 bits per heavy atom. The number of amides is 1. The number of carbonyl (C=O) groups is 1. The molecule has 0 radical (unpaired) electrons. The number of nitrogens with zero attached hydrogens (tertiary/aromatic N) is 1. The molecule has 0 saturated carbocycles. The monoisotopic (exact) mass is 389 g/mol. The second-order valence-corrected chi connectivity index (χ2v) is 7.30. The number of aryl methyl sites for hydroxylation is 3. The molecule has 3 rings (SSSR count). The third kappa shape index (κ3) is 4.16. The van der Waals surface area contributed by atoms with Gasteiger partial charge in [-0.1, -0.05) is 0 Å². The van der Waals surface area contributed by atoms with Crippen molar-refractivity contribution in [1.82, 2.24) is 9.97 Å². The number of hydrogen-bond donors (Lipinski definition) is 2. The van der Waals surface area contributed by atoms with Crippen LogP contribution in [0.1, 0.15) is 29.6 Å². The van der Waals surface area contributed by atoms with Gasteiger partial charge in [0.1, 0.15) is 22.2 Å². The summed E-state index contributed by atoms with van der Waals surface area (Å²) in [6.07, 6.45) is 0.367. The second-order valence-electron chi connectivity index (χ2n) is 6.10. The fourth-order valence-electron chi connectivity index (χ4n) is 2.74. The van der Waals surface area contributed by atoms with Crippen molar-refractivity contribution in [2.45, 2.75) is 33.6 Å². The van der Waals surface area contributed by atoms with E-state index in [0.29, 0.717) is 28.4 Å². The standard InChI is InChI=1S/C19H20FN3O3S/c1-4-26-14-6-5-12(20)9-13(14)21-16(24)8-7-15-22-18(25)17-10(2)11(3)27-19(17)23-15/h5-6,9H,4,7-8H2,1-3H3,(H,21,24)(H,22,23,25). The Bertz CT molecular complexity index is 1060. The van der Waals surface area contributed by atoms with Crippen molar-refractivity contribution in [3.8, 4) is 5.75 Å². The highest BCUT2D eigenvalue weighted by molar-refractivity contribution is 7.18. The average Bonchev–Trinajstić information content (AvgIpc) is 2.90. The highest BCUT2D eigenvalue weighted by Gasteiger charge is 2.14. The van der Waals surface area contributed by atoms with Crippen LogP contribution in [0.4, 0.5) is 10.1 Å². The van der Waals surface area contributed by atoms with Gasteiger partial charge in [-0.3, -0.25) is 9.59 Å². The Hall–Kier alpha value is -2.74. The molecule has 6 nitrogen and oxygen atoms in total. The van der Waals surface area contributed by atoms with Crippen LogP contribution < -0.4 is 15.6 Å². The maximum absolute atomic E-state index is 13.5. The van der Waals surface area contributed by atoms with Gasteiger partial charge in [-0.05, 0) is 38.5 Å². The first-order chi connectivity index (χ1) is 12.9. The topological polar surface area (TPSA) is 84.1 Å². The number of carbonyl (C=O) groups excluding carboxylic acids is 1. The number of aromatic amines is 1. The number of rotatable bonds is 6. The normalized spacial score (nSPS) is 11.0. The number of aromatic nitrogens is 2. The lowest BCUT2D eigenvalue weighted by Gasteiger charge is -2.11. The maximum atomic E-state index is 13.5. The first kappa shape index (κ1) is 19.0. The number of nitrogens with one attached hydrogen (secondary N) is 2. The Morgan fingerprint density at radius 3 is 2.89 bits per heavy atom.